The molecule has 0 aliphatic carbocycles. The lowest BCUT2D eigenvalue weighted by Gasteiger charge is -2.12. The van der Waals surface area contributed by atoms with Gasteiger partial charge in [0.2, 0.25) is 0 Å². The summed E-state index contributed by atoms with van der Waals surface area (Å²) in [5, 5.41) is 9.19. The van der Waals surface area contributed by atoms with Crippen molar-refractivity contribution in [2.24, 2.45) is 0 Å². The van der Waals surface area contributed by atoms with Gasteiger partial charge >= 0.3 is 0 Å². The van der Waals surface area contributed by atoms with Crippen LogP contribution in [0, 0.1) is 5.95 Å². The van der Waals surface area contributed by atoms with Crippen LogP contribution in [0.2, 0.25) is 0 Å². The highest BCUT2D eigenvalue weighted by molar-refractivity contribution is 5.07. The van der Waals surface area contributed by atoms with Gasteiger partial charge in [-0.05, 0) is 0 Å². The second-order valence-corrected chi connectivity index (χ2v) is 3.21. The second-order valence-electron chi connectivity index (χ2n) is 3.21. The number of halogens is 1. The van der Waals surface area contributed by atoms with E-state index >= 15 is 0 Å². The topological polar surface area (TPSA) is 41.6 Å². The van der Waals surface area contributed by atoms with Crippen molar-refractivity contribution in [2.75, 3.05) is 0 Å². The van der Waals surface area contributed by atoms with Gasteiger partial charge in [-0.15, -0.1) is 5.10 Å². The molecule has 0 aromatic carbocycles. The molecule has 1 aromatic rings. The smallest absolute Gasteiger partial charge is 0.195 e. The van der Waals surface area contributed by atoms with Gasteiger partial charge in [0.1, 0.15) is 5.69 Å². The molecule has 56 valence electrons. The summed E-state index contributed by atoms with van der Waals surface area (Å²) < 4.78 is 12.6. The van der Waals surface area contributed by atoms with Crippen LogP contribution in [0.4, 0.5) is 4.39 Å². The highest BCUT2D eigenvalue weighted by atomic mass is 19.1. The fraction of sp³-hybridized carbons (Fsp3) is 0.667. The summed E-state index contributed by atoms with van der Waals surface area (Å²) in [5.74, 6) is -0.507. The molecule has 4 heteroatoms. The van der Waals surface area contributed by atoms with Gasteiger partial charge in [-0.25, -0.2) is 0 Å². The Morgan fingerprint density at radius 2 is 1.90 bits per heavy atom. The van der Waals surface area contributed by atoms with Crippen LogP contribution in [0.3, 0.4) is 0 Å². The molecule has 0 saturated heterocycles. The van der Waals surface area contributed by atoms with Crippen molar-refractivity contribution < 1.29 is 4.39 Å². The maximum absolute atomic E-state index is 12.6. The Hall–Kier alpha value is -0.930. The Balaban J connectivity index is 3.05. The van der Waals surface area contributed by atoms with Crippen LogP contribution < -0.4 is 0 Å². The number of H-pyrrole nitrogens is 1. The van der Waals surface area contributed by atoms with E-state index in [0.717, 1.165) is 0 Å². The first kappa shape index (κ1) is 7.18. The number of hydrogen-bond acceptors (Lipinski definition) is 2. The van der Waals surface area contributed by atoms with Crippen molar-refractivity contribution in [1.29, 1.82) is 0 Å². The molecule has 3 nitrogen and oxygen atoms in total. The monoisotopic (exact) mass is 143 g/mol. The average Bonchev–Trinajstić information content (AvgIpc) is 2.11. The van der Waals surface area contributed by atoms with Gasteiger partial charge in [-0.2, -0.15) is 14.7 Å². The van der Waals surface area contributed by atoms with Crippen LogP contribution in [0.5, 0.6) is 0 Å². The Morgan fingerprint density at radius 3 is 2.10 bits per heavy atom. The first-order valence-corrected chi connectivity index (χ1v) is 3.08. The molecule has 0 saturated carbocycles. The molecule has 1 N–H and O–H groups in total. The summed E-state index contributed by atoms with van der Waals surface area (Å²) in [6.07, 6.45) is 0. The molecular formula is C6H10FN3. The van der Waals surface area contributed by atoms with Crippen LogP contribution in [-0.4, -0.2) is 15.4 Å². The zero-order valence-corrected chi connectivity index (χ0v) is 6.27. The van der Waals surface area contributed by atoms with E-state index in [1.165, 1.54) is 0 Å². The van der Waals surface area contributed by atoms with Crippen molar-refractivity contribution in [3.8, 4) is 0 Å². The highest BCUT2D eigenvalue weighted by Crippen LogP contribution is 2.20. The Labute approximate surface area is 58.6 Å². The lowest BCUT2D eigenvalue weighted by molar-refractivity contribution is 0.498. The highest BCUT2D eigenvalue weighted by Gasteiger charge is 2.21. The fourth-order valence-corrected chi connectivity index (χ4v) is 0.695. The lowest BCUT2D eigenvalue weighted by Crippen LogP contribution is -2.13. The first-order valence-electron chi connectivity index (χ1n) is 3.08. The van der Waals surface area contributed by atoms with E-state index in [1.807, 2.05) is 20.8 Å². The second kappa shape index (κ2) is 2.04. The largest absolute Gasteiger partial charge is 0.256 e. The first-order chi connectivity index (χ1) is 4.52. The maximum Gasteiger partial charge on any atom is 0.256 e. The minimum Gasteiger partial charge on any atom is -0.195 e. The summed E-state index contributed by atoms with van der Waals surface area (Å²) >= 11 is 0. The van der Waals surface area contributed by atoms with Crippen LogP contribution in [0.15, 0.2) is 0 Å². The molecule has 0 fully saturated rings. The molecule has 0 radical (unpaired) electrons. The molecule has 0 aliphatic heterocycles. The molecule has 1 rings (SSSR count). The van der Waals surface area contributed by atoms with E-state index in [1.54, 1.807) is 0 Å². The van der Waals surface area contributed by atoms with Gasteiger partial charge in [-0.3, -0.25) is 0 Å². The average molecular weight is 143 g/mol. The third kappa shape index (κ3) is 1.15. The zero-order valence-electron chi connectivity index (χ0n) is 6.27. The summed E-state index contributed by atoms with van der Waals surface area (Å²) in [6.45, 7) is 5.65. The van der Waals surface area contributed by atoms with Gasteiger partial charge in [0.05, 0.1) is 0 Å². The summed E-state index contributed by atoms with van der Waals surface area (Å²) in [6, 6.07) is 0. The van der Waals surface area contributed by atoms with Gasteiger partial charge < -0.3 is 0 Å². The molecule has 1 heterocycles. The fourth-order valence-electron chi connectivity index (χ4n) is 0.695. The minimum atomic E-state index is -0.507. The number of nitrogens with one attached hydrogen (secondary N) is 1. The van der Waals surface area contributed by atoms with Gasteiger partial charge in [0.15, 0.2) is 0 Å². The van der Waals surface area contributed by atoms with Crippen molar-refractivity contribution in [3.63, 3.8) is 0 Å². The van der Waals surface area contributed by atoms with Crippen LogP contribution >= 0.6 is 0 Å². The van der Waals surface area contributed by atoms with E-state index in [2.05, 4.69) is 15.4 Å². The summed E-state index contributed by atoms with van der Waals surface area (Å²) in [7, 11) is 0. The molecule has 10 heavy (non-hydrogen) atoms. The number of aromatic nitrogens is 3. The lowest BCUT2D eigenvalue weighted by atomic mass is 9.93. The van der Waals surface area contributed by atoms with Crippen molar-refractivity contribution in [1.82, 2.24) is 15.4 Å². The Kier molecular flexibility index (Phi) is 1.46. The Morgan fingerprint density at radius 1 is 1.30 bits per heavy atom. The molecule has 0 atom stereocenters. The maximum atomic E-state index is 12.6. The third-order valence-corrected chi connectivity index (χ3v) is 1.22. The zero-order chi connectivity index (χ0) is 7.78. The van der Waals surface area contributed by atoms with E-state index in [9.17, 15) is 4.39 Å². The molecule has 0 spiro atoms. The number of hydrogen-bond donors (Lipinski definition) is 1. The predicted octanol–water partition coefficient (Wildman–Crippen LogP) is 1.24. The number of nitrogens with zero attached hydrogens (tertiary/aromatic N) is 2. The number of aromatic amines is 1. The minimum absolute atomic E-state index is 0.267. The molecule has 0 bridgehead atoms. The quantitative estimate of drug-likeness (QED) is 0.593. The molecule has 0 aliphatic rings. The predicted molar refractivity (Wildman–Crippen MR) is 35.0 cm³/mol. The van der Waals surface area contributed by atoms with Crippen molar-refractivity contribution in [3.05, 3.63) is 11.6 Å². The van der Waals surface area contributed by atoms with Crippen molar-refractivity contribution in [2.45, 2.75) is 26.2 Å². The molecule has 0 amide bonds. The summed E-state index contributed by atoms with van der Waals surface area (Å²) in [5.41, 5.74) is 0.115. The van der Waals surface area contributed by atoms with E-state index < -0.39 is 5.95 Å². The summed E-state index contributed by atoms with van der Waals surface area (Å²) in [4.78, 5) is 0. The molecule has 1 aromatic heterocycles. The van der Waals surface area contributed by atoms with Gasteiger partial charge in [-0.1, -0.05) is 20.8 Å². The Bertz CT molecular complexity index is 223. The van der Waals surface area contributed by atoms with Crippen molar-refractivity contribution >= 4 is 0 Å². The van der Waals surface area contributed by atoms with E-state index in [-0.39, 0.29) is 5.41 Å². The van der Waals surface area contributed by atoms with Crippen LogP contribution in [0.25, 0.3) is 0 Å². The van der Waals surface area contributed by atoms with Crippen LogP contribution in [-0.2, 0) is 5.41 Å². The van der Waals surface area contributed by atoms with Crippen LogP contribution in [0.1, 0.15) is 26.5 Å². The molecular weight excluding hydrogens is 133 g/mol. The standard InChI is InChI=1S/C6H10FN3/c1-6(2,3)4-5(7)9-10-8-4/h1-3H3,(H,8,9,10). The van der Waals surface area contributed by atoms with E-state index in [4.69, 9.17) is 0 Å². The SMILES string of the molecule is CC(C)(C)c1n[nH]nc1F. The van der Waals surface area contributed by atoms with E-state index in [0.29, 0.717) is 5.69 Å². The molecule has 0 unspecified atom stereocenters. The number of rotatable bonds is 0. The van der Waals surface area contributed by atoms with Gasteiger partial charge in [0, 0.05) is 5.41 Å². The van der Waals surface area contributed by atoms with Gasteiger partial charge in [0.25, 0.3) is 5.95 Å². The normalized spacial score (nSPS) is 12.0. The third-order valence-electron chi connectivity index (χ3n) is 1.22.